The molecule has 0 bridgehead atoms. The molecule has 1 unspecified atom stereocenters. The fourth-order valence-corrected chi connectivity index (χ4v) is 3.54. The maximum Gasteiger partial charge on any atom is 0.408 e. The first-order chi connectivity index (χ1) is 10.5. The Morgan fingerprint density at radius 1 is 1.09 bits per heavy atom. The lowest BCUT2D eigenvalue weighted by molar-refractivity contribution is -0.162. The van der Waals surface area contributed by atoms with E-state index in [9.17, 15) is 14.7 Å². The molecule has 2 N–H and O–H groups in total. The van der Waals surface area contributed by atoms with Crippen molar-refractivity contribution in [1.29, 1.82) is 0 Å². The van der Waals surface area contributed by atoms with Gasteiger partial charge < -0.3 is 19.9 Å². The second-order valence-corrected chi connectivity index (χ2v) is 7.95. The van der Waals surface area contributed by atoms with Gasteiger partial charge in [-0.3, -0.25) is 0 Å². The van der Waals surface area contributed by atoms with E-state index in [2.05, 4.69) is 5.32 Å². The molecular weight excluding hydrogens is 298 g/mol. The normalized spacial score (nSPS) is 19.7. The van der Waals surface area contributed by atoms with Gasteiger partial charge in [-0.05, 0) is 33.6 Å². The highest BCUT2D eigenvalue weighted by Crippen LogP contribution is 2.45. The maximum atomic E-state index is 12.3. The van der Waals surface area contributed by atoms with Gasteiger partial charge in [0, 0.05) is 12.5 Å². The number of hydrogen-bond donors (Lipinski definition) is 2. The molecule has 0 radical (unpaired) electrons. The Kier molecular flexibility index (Phi) is 6.07. The molecule has 6 nitrogen and oxygen atoms in total. The molecule has 0 aromatic rings. The summed E-state index contributed by atoms with van der Waals surface area (Å²) in [6, 6.07) is 0. The van der Waals surface area contributed by atoms with Gasteiger partial charge in [-0.1, -0.05) is 33.1 Å². The van der Waals surface area contributed by atoms with Crippen LogP contribution in [0.2, 0.25) is 0 Å². The summed E-state index contributed by atoms with van der Waals surface area (Å²) in [7, 11) is 1.39. The predicted molar refractivity (Wildman–Crippen MR) is 87.4 cm³/mol. The van der Waals surface area contributed by atoms with Crippen LogP contribution in [0, 0.1) is 5.41 Å². The Labute approximate surface area is 138 Å². The summed E-state index contributed by atoms with van der Waals surface area (Å²) in [5.41, 5.74) is -2.03. The van der Waals surface area contributed by atoms with E-state index in [1.54, 1.807) is 20.8 Å². The highest BCUT2D eigenvalue weighted by Gasteiger charge is 2.53. The van der Waals surface area contributed by atoms with Gasteiger partial charge in [0.15, 0.2) is 6.10 Å². The molecule has 6 heteroatoms. The fourth-order valence-electron chi connectivity index (χ4n) is 3.54. The van der Waals surface area contributed by atoms with Crippen molar-refractivity contribution in [1.82, 2.24) is 5.32 Å². The van der Waals surface area contributed by atoms with Crippen LogP contribution in [0.4, 0.5) is 4.79 Å². The molecule has 0 aromatic carbocycles. The van der Waals surface area contributed by atoms with Crippen LogP contribution in [0.25, 0.3) is 0 Å². The SMILES string of the molecule is COC(C(=O)O)C(C)(C)C1(NC(=O)OC(C)(C)C)CCCCC1. The third-order valence-electron chi connectivity index (χ3n) is 4.80. The van der Waals surface area contributed by atoms with Gasteiger partial charge in [-0.15, -0.1) is 0 Å². The second-order valence-electron chi connectivity index (χ2n) is 7.95. The van der Waals surface area contributed by atoms with Crippen molar-refractivity contribution in [3.05, 3.63) is 0 Å². The summed E-state index contributed by atoms with van der Waals surface area (Å²) < 4.78 is 10.6. The van der Waals surface area contributed by atoms with Crippen LogP contribution in [0.15, 0.2) is 0 Å². The van der Waals surface area contributed by atoms with Crippen molar-refractivity contribution in [2.75, 3.05) is 7.11 Å². The van der Waals surface area contributed by atoms with Crippen LogP contribution < -0.4 is 5.32 Å². The molecular formula is C17H31NO5. The number of carboxylic acids is 1. The number of carbonyl (C=O) groups excluding carboxylic acids is 1. The van der Waals surface area contributed by atoms with Gasteiger partial charge in [0.1, 0.15) is 5.60 Å². The molecule has 0 aromatic heterocycles. The zero-order valence-corrected chi connectivity index (χ0v) is 15.2. The number of nitrogens with one attached hydrogen (secondary N) is 1. The van der Waals surface area contributed by atoms with Crippen molar-refractivity contribution in [3.8, 4) is 0 Å². The minimum atomic E-state index is -1.02. The Morgan fingerprint density at radius 2 is 1.61 bits per heavy atom. The van der Waals surface area contributed by atoms with E-state index < -0.39 is 34.7 Å². The molecule has 134 valence electrons. The summed E-state index contributed by atoms with van der Waals surface area (Å²) >= 11 is 0. The topological polar surface area (TPSA) is 84.9 Å². The van der Waals surface area contributed by atoms with Crippen LogP contribution in [0.1, 0.15) is 66.7 Å². The summed E-state index contributed by atoms with van der Waals surface area (Å²) in [5, 5.41) is 12.5. The van der Waals surface area contributed by atoms with Crippen LogP contribution in [-0.2, 0) is 14.3 Å². The molecule has 0 heterocycles. The van der Waals surface area contributed by atoms with Gasteiger partial charge in [-0.2, -0.15) is 0 Å². The zero-order chi connectivity index (χ0) is 17.9. The number of alkyl carbamates (subject to hydrolysis) is 1. The number of amides is 1. The molecule has 1 aliphatic carbocycles. The molecule has 0 saturated heterocycles. The third-order valence-corrected chi connectivity index (χ3v) is 4.80. The highest BCUT2D eigenvalue weighted by atomic mass is 16.6. The van der Waals surface area contributed by atoms with E-state index in [4.69, 9.17) is 9.47 Å². The van der Waals surface area contributed by atoms with Crippen molar-refractivity contribution >= 4 is 12.1 Å². The average Bonchev–Trinajstić information content (AvgIpc) is 2.37. The van der Waals surface area contributed by atoms with Crippen molar-refractivity contribution in [2.45, 2.75) is 84.0 Å². The smallest absolute Gasteiger partial charge is 0.408 e. The zero-order valence-electron chi connectivity index (χ0n) is 15.2. The molecule has 23 heavy (non-hydrogen) atoms. The lowest BCUT2D eigenvalue weighted by Crippen LogP contribution is -2.64. The lowest BCUT2D eigenvalue weighted by atomic mass is 9.62. The van der Waals surface area contributed by atoms with Gasteiger partial charge in [0.2, 0.25) is 0 Å². The number of carboxylic acid groups (broad SMARTS) is 1. The first kappa shape index (κ1) is 19.7. The highest BCUT2D eigenvalue weighted by molar-refractivity contribution is 5.74. The van der Waals surface area contributed by atoms with E-state index in [-0.39, 0.29) is 0 Å². The molecule has 1 atom stereocenters. The monoisotopic (exact) mass is 329 g/mol. The van der Waals surface area contributed by atoms with Gasteiger partial charge in [0.25, 0.3) is 0 Å². The number of rotatable bonds is 5. The fraction of sp³-hybridized carbons (Fsp3) is 0.882. The number of carbonyl (C=O) groups is 2. The number of aliphatic carboxylic acids is 1. The molecule has 1 rings (SSSR count). The number of hydrogen-bond acceptors (Lipinski definition) is 4. The Balaban J connectivity index is 3.11. The quantitative estimate of drug-likeness (QED) is 0.808. The first-order valence-corrected chi connectivity index (χ1v) is 8.22. The van der Waals surface area contributed by atoms with E-state index in [1.807, 2.05) is 13.8 Å². The maximum absolute atomic E-state index is 12.3. The van der Waals surface area contributed by atoms with Gasteiger partial charge in [-0.25, -0.2) is 9.59 Å². The Hall–Kier alpha value is -1.30. The minimum absolute atomic E-state index is 0.507. The minimum Gasteiger partial charge on any atom is -0.479 e. The van der Waals surface area contributed by atoms with Crippen LogP contribution in [0.5, 0.6) is 0 Å². The van der Waals surface area contributed by atoms with E-state index in [0.29, 0.717) is 12.8 Å². The average molecular weight is 329 g/mol. The molecule has 1 saturated carbocycles. The van der Waals surface area contributed by atoms with E-state index >= 15 is 0 Å². The largest absolute Gasteiger partial charge is 0.479 e. The Morgan fingerprint density at radius 3 is 2.00 bits per heavy atom. The predicted octanol–water partition coefficient (Wildman–Crippen LogP) is 3.34. The molecule has 1 amide bonds. The number of methoxy groups -OCH3 is 1. The van der Waals surface area contributed by atoms with Gasteiger partial charge >= 0.3 is 12.1 Å². The van der Waals surface area contributed by atoms with Gasteiger partial charge in [0.05, 0.1) is 5.54 Å². The lowest BCUT2D eigenvalue weighted by Gasteiger charge is -2.51. The van der Waals surface area contributed by atoms with Crippen molar-refractivity contribution < 1.29 is 24.2 Å². The Bertz CT molecular complexity index is 433. The van der Waals surface area contributed by atoms with Crippen molar-refractivity contribution in [2.24, 2.45) is 5.41 Å². The van der Waals surface area contributed by atoms with E-state index in [0.717, 1.165) is 19.3 Å². The van der Waals surface area contributed by atoms with Crippen LogP contribution >= 0.6 is 0 Å². The molecule has 0 aliphatic heterocycles. The molecule has 0 spiro atoms. The second kappa shape index (κ2) is 7.07. The summed E-state index contributed by atoms with van der Waals surface area (Å²) in [6.45, 7) is 9.11. The molecule has 1 fully saturated rings. The standard InChI is InChI=1S/C17H31NO5/c1-15(2,3)23-14(21)18-17(10-8-7-9-11-17)16(4,5)12(22-6)13(19)20/h12H,7-11H2,1-6H3,(H,18,21)(H,19,20). The number of ether oxygens (including phenoxy) is 2. The van der Waals surface area contributed by atoms with Crippen LogP contribution in [-0.4, -0.2) is 41.5 Å². The summed E-state index contributed by atoms with van der Waals surface area (Å²) in [6.07, 6.45) is 2.88. The van der Waals surface area contributed by atoms with Crippen LogP contribution in [0.3, 0.4) is 0 Å². The molecule has 1 aliphatic rings. The summed E-state index contributed by atoms with van der Waals surface area (Å²) in [5.74, 6) is -1.02. The van der Waals surface area contributed by atoms with Crippen molar-refractivity contribution in [3.63, 3.8) is 0 Å². The third kappa shape index (κ3) is 4.59. The summed E-state index contributed by atoms with van der Waals surface area (Å²) in [4.78, 5) is 23.9. The first-order valence-electron chi connectivity index (χ1n) is 8.22. The van der Waals surface area contributed by atoms with E-state index in [1.165, 1.54) is 7.11 Å².